The van der Waals surface area contributed by atoms with Crippen LogP contribution in [0.3, 0.4) is 0 Å². The zero-order valence-corrected chi connectivity index (χ0v) is 16.5. The summed E-state index contributed by atoms with van der Waals surface area (Å²) in [7, 11) is 0. The van der Waals surface area contributed by atoms with Gasteiger partial charge in [-0.25, -0.2) is 0 Å². The highest BCUT2D eigenvalue weighted by molar-refractivity contribution is 9.10. The van der Waals surface area contributed by atoms with Gasteiger partial charge in [0.1, 0.15) is 6.10 Å². The Morgan fingerprint density at radius 2 is 1.96 bits per heavy atom. The second-order valence-corrected chi connectivity index (χ2v) is 7.71. The number of nitrogens with one attached hydrogen (secondary N) is 1. The first-order valence-corrected chi connectivity index (χ1v) is 9.57. The molecule has 1 aliphatic heterocycles. The third-order valence-corrected chi connectivity index (χ3v) is 5.68. The Morgan fingerprint density at radius 1 is 1.19 bits per heavy atom. The summed E-state index contributed by atoms with van der Waals surface area (Å²) in [4.78, 5) is 18.3. The van der Waals surface area contributed by atoms with Gasteiger partial charge in [0, 0.05) is 33.2 Å². The van der Waals surface area contributed by atoms with Gasteiger partial charge in [-0.15, -0.1) is 0 Å². The van der Waals surface area contributed by atoms with Gasteiger partial charge in [0.05, 0.1) is 13.2 Å². The number of morpholine rings is 1. The number of aromatic amines is 1. The Labute approximate surface area is 161 Å². The summed E-state index contributed by atoms with van der Waals surface area (Å²) in [6, 6.07) is 14.0. The van der Waals surface area contributed by atoms with Crippen LogP contribution in [-0.4, -0.2) is 35.5 Å². The van der Waals surface area contributed by atoms with Crippen molar-refractivity contribution in [3.8, 4) is 0 Å². The van der Waals surface area contributed by atoms with Crippen molar-refractivity contribution in [2.24, 2.45) is 0 Å². The average Bonchev–Trinajstić information content (AvgIpc) is 2.95. The van der Waals surface area contributed by atoms with E-state index in [0.29, 0.717) is 19.7 Å². The number of hydrogen-bond acceptors (Lipinski definition) is 2. The van der Waals surface area contributed by atoms with Crippen LogP contribution in [0.1, 0.15) is 33.3 Å². The number of hydrogen-bond donors (Lipinski definition) is 1. The summed E-state index contributed by atoms with van der Waals surface area (Å²) in [6.07, 6.45) is -0.0826. The molecular weight excluding hydrogens is 392 g/mol. The predicted molar refractivity (Wildman–Crippen MR) is 107 cm³/mol. The summed E-state index contributed by atoms with van der Waals surface area (Å²) in [5.41, 5.74) is 5.25. The van der Waals surface area contributed by atoms with E-state index in [-0.39, 0.29) is 12.0 Å². The summed E-state index contributed by atoms with van der Waals surface area (Å²) in [5.74, 6) is 0.0653. The molecule has 1 aliphatic rings. The molecular formula is C21H21BrN2O2. The number of rotatable bonds is 2. The maximum Gasteiger partial charge on any atom is 0.254 e. The summed E-state index contributed by atoms with van der Waals surface area (Å²) < 4.78 is 6.94. The van der Waals surface area contributed by atoms with Crippen LogP contribution in [-0.2, 0) is 4.74 Å². The van der Waals surface area contributed by atoms with Crippen molar-refractivity contribution in [1.29, 1.82) is 0 Å². The molecule has 0 unspecified atom stereocenters. The zero-order valence-electron chi connectivity index (χ0n) is 14.9. The van der Waals surface area contributed by atoms with Gasteiger partial charge in [-0.1, -0.05) is 28.1 Å². The lowest BCUT2D eigenvalue weighted by molar-refractivity contribution is -0.0228. The molecule has 3 aromatic rings. The van der Waals surface area contributed by atoms with Gasteiger partial charge in [-0.3, -0.25) is 4.79 Å². The van der Waals surface area contributed by atoms with Crippen molar-refractivity contribution in [3.05, 3.63) is 69.3 Å². The number of carbonyl (C=O) groups excluding carboxylic acids is 1. The molecule has 2 aromatic carbocycles. The molecule has 4 nitrogen and oxygen atoms in total. The lowest BCUT2D eigenvalue weighted by Crippen LogP contribution is -2.42. The van der Waals surface area contributed by atoms with Gasteiger partial charge in [-0.2, -0.15) is 0 Å². The highest BCUT2D eigenvalue weighted by atomic mass is 79.9. The first-order valence-electron chi connectivity index (χ1n) is 8.78. The Bertz CT molecular complexity index is 962. The van der Waals surface area contributed by atoms with E-state index in [4.69, 9.17) is 4.74 Å². The summed E-state index contributed by atoms with van der Waals surface area (Å²) >= 11 is 3.45. The minimum absolute atomic E-state index is 0.0653. The van der Waals surface area contributed by atoms with E-state index in [2.05, 4.69) is 34.8 Å². The normalized spacial score (nSPS) is 17.7. The van der Waals surface area contributed by atoms with Gasteiger partial charge in [0.25, 0.3) is 5.91 Å². The number of benzene rings is 2. The van der Waals surface area contributed by atoms with Gasteiger partial charge in [0.2, 0.25) is 0 Å². The molecule has 5 heteroatoms. The van der Waals surface area contributed by atoms with Crippen LogP contribution in [0.15, 0.2) is 46.9 Å². The molecule has 1 atom stereocenters. The maximum atomic E-state index is 13.0. The van der Waals surface area contributed by atoms with Gasteiger partial charge >= 0.3 is 0 Å². The van der Waals surface area contributed by atoms with Crippen LogP contribution in [0, 0.1) is 13.8 Å². The molecule has 1 fully saturated rings. The first-order chi connectivity index (χ1) is 12.5. The van der Waals surface area contributed by atoms with E-state index in [0.717, 1.165) is 32.2 Å². The molecule has 134 valence electrons. The monoisotopic (exact) mass is 412 g/mol. The molecule has 2 heterocycles. The topological polar surface area (TPSA) is 45.3 Å². The Kier molecular flexibility index (Phi) is 4.59. The highest BCUT2D eigenvalue weighted by Gasteiger charge is 2.26. The van der Waals surface area contributed by atoms with E-state index < -0.39 is 0 Å². The molecule has 1 saturated heterocycles. The van der Waals surface area contributed by atoms with E-state index in [1.165, 1.54) is 5.56 Å². The molecule has 0 spiro atoms. The Hall–Kier alpha value is -2.11. The maximum absolute atomic E-state index is 13.0. The lowest BCUT2D eigenvalue weighted by Gasteiger charge is -2.33. The predicted octanol–water partition coefficient (Wildman–Crippen LogP) is 4.76. The fourth-order valence-corrected chi connectivity index (χ4v) is 3.75. The van der Waals surface area contributed by atoms with E-state index in [1.54, 1.807) is 0 Å². The number of amides is 1. The van der Waals surface area contributed by atoms with Gasteiger partial charge in [-0.05, 0) is 55.3 Å². The molecule has 0 bridgehead atoms. The van der Waals surface area contributed by atoms with Crippen LogP contribution in [0.25, 0.3) is 10.9 Å². The number of ether oxygens (including phenoxy) is 1. The number of aryl methyl sites for hydroxylation is 2. The van der Waals surface area contributed by atoms with Gasteiger partial charge in [0.15, 0.2) is 0 Å². The van der Waals surface area contributed by atoms with E-state index in [9.17, 15) is 4.79 Å². The smallest absolute Gasteiger partial charge is 0.254 e. The van der Waals surface area contributed by atoms with Crippen LogP contribution in [0.4, 0.5) is 0 Å². The van der Waals surface area contributed by atoms with Crippen molar-refractivity contribution in [2.75, 3.05) is 19.7 Å². The average molecular weight is 413 g/mol. The molecule has 1 N–H and O–H groups in total. The molecule has 1 aromatic heterocycles. The quantitative estimate of drug-likeness (QED) is 0.659. The fourth-order valence-electron chi connectivity index (χ4n) is 3.49. The number of carbonyl (C=O) groups is 1. The molecule has 4 rings (SSSR count). The lowest BCUT2D eigenvalue weighted by atomic mass is 10.1. The highest BCUT2D eigenvalue weighted by Crippen LogP contribution is 2.26. The van der Waals surface area contributed by atoms with Crippen molar-refractivity contribution in [3.63, 3.8) is 0 Å². The molecule has 26 heavy (non-hydrogen) atoms. The number of halogens is 1. The Morgan fingerprint density at radius 3 is 2.73 bits per heavy atom. The standard InChI is InChI=1S/C21H21BrN2O2/c1-13-14(2)23-19-8-5-16(11-18(13)19)21(25)24-9-10-26-20(12-24)15-3-6-17(22)7-4-15/h3-8,11,20,23H,9-10,12H2,1-2H3/t20-/m1/s1. The zero-order chi connectivity index (χ0) is 18.3. The van der Waals surface area contributed by atoms with E-state index >= 15 is 0 Å². The van der Waals surface area contributed by atoms with Crippen LogP contribution in [0.5, 0.6) is 0 Å². The number of fused-ring (bicyclic) bond motifs is 1. The van der Waals surface area contributed by atoms with Crippen LogP contribution < -0.4 is 0 Å². The molecule has 0 radical (unpaired) electrons. The number of aromatic nitrogens is 1. The third-order valence-electron chi connectivity index (χ3n) is 5.15. The second-order valence-electron chi connectivity index (χ2n) is 6.80. The van der Waals surface area contributed by atoms with Crippen LogP contribution >= 0.6 is 15.9 Å². The van der Waals surface area contributed by atoms with Crippen molar-refractivity contribution < 1.29 is 9.53 Å². The molecule has 0 aliphatic carbocycles. The first kappa shape index (κ1) is 17.3. The minimum Gasteiger partial charge on any atom is -0.370 e. The fraction of sp³-hybridized carbons (Fsp3) is 0.286. The van der Waals surface area contributed by atoms with Gasteiger partial charge < -0.3 is 14.6 Å². The largest absolute Gasteiger partial charge is 0.370 e. The SMILES string of the molecule is Cc1[nH]c2ccc(C(=O)N3CCO[C@@H](c4ccc(Br)cc4)C3)cc2c1C. The van der Waals surface area contributed by atoms with Crippen molar-refractivity contribution in [1.82, 2.24) is 9.88 Å². The third kappa shape index (κ3) is 3.17. The van der Waals surface area contributed by atoms with Crippen molar-refractivity contribution >= 4 is 32.7 Å². The Balaban J connectivity index is 1.57. The van der Waals surface area contributed by atoms with Crippen molar-refractivity contribution in [2.45, 2.75) is 20.0 Å². The molecule has 0 saturated carbocycles. The second kappa shape index (κ2) is 6.89. The van der Waals surface area contributed by atoms with E-state index in [1.807, 2.05) is 47.4 Å². The summed E-state index contributed by atoms with van der Waals surface area (Å²) in [6.45, 7) is 5.89. The minimum atomic E-state index is -0.0826. The molecule has 1 amide bonds. The number of H-pyrrole nitrogens is 1. The number of nitrogens with zero attached hydrogens (tertiary/aromatic N) is 1. The summed E-state index contributed by atoms with van der Waals surface area (Å²) in [5, 5.41) is 1.12. The van der Waals surface area contributed by atoms with Crippen LogP contribution in [0.2, 0.25) is 0 Å².